The van der Waals surface area contributed by atoms with Crippen LogP contribution >= 0.6 is 28.3 Å². The van der Waals surface area contributed by atoms with Crippen molar-refractivity contribution < 1.29 is 14.4 Å². The van der Waals surface area contributed by atoms with E-state index in [2.05, 4.69) is 26.6 Å². The highest BCUT2D eigenvalue weighted by molar-refractivity contribution is 9.10. The fourth-order valence-corrected chi connectivity index (χ4v) is 3.10. The monoisotopic (exact) mass is 473 g/mol. The second-order valence-electron chi connectivity index (χ2n) is 5.68. The standard InChI is InChI=1S/C19H24BrN3O4.ClH/c1-3-26-18-12-14(11-17(20)19(18)27-4-2)13-21-9-10-22-15-5-7-16(8-6-15)23(24)25;/h5-8,11-12,21-22H,3-4,9-10,13H2,1-2H3;1H. The van der Waals surface area contributed by atoms with Crippen molar-refractivity contribution >= 4 is 39.7 Å². The van der Waals surface area contributed by atoms with Gasteiger partial charge in [-0.15, -0.1) is 12.4 Å². The smallest absolute Gasteiger partial charge is 0.269 e. The number of hydrogen-bond donors (Lipinski definition) is 2. The molecule has 0 amide bonds. The second kappa shape index (κ2) is 12.4. The molecule has 0 aliphatic carbocycles. The van der Waals surface area contributed by atoms with E-state index in [1.807, 2.05) is 26.0 Å². The fourth-order valence-electron chi connectivity index (χ4n) is 2.50. The third kappa shape index (κ3) is 7.18. The van der Waals surface area contributed by atoms with Crippen LogP contribution in [0.15, 0.2) is 40.9 Å². The highest BCUT2D eigenvalue weighted by Crippen LogP contribution is 2.36. The summed E-state index contributed by atoms with van der Waals surface area (Å²) in [6.45, 7) is 7.16. The molecule has 0 spiro atoms. The number of benzene rings is 2. The van der Waals surface area contributed by atoms with E-state index in [-0.39, 0.29) is 18.1 Å². The summed E-state index contributed by atoms with van der Waals surface area (Å²) >= 11 is 3.55. The number of nitro groups is 1. The number of anilines is 1. The van der Waals surface area contributed by atoms with Crippen molar-refractivity contribution in [1.82, 2.24) is 5.32 Å². The molecule has 0 aromatic heterocycles. The third-order valence-electron chi connectivity index (χ3n) is 3.70. The van der Waals surface area contributed by atoms with E-state index in [4.69, 9.17) is 9.47 Å². The molecule has 2 N–H and O–H groups in total. The first kappa shape index (κ1) is 24.0. The summed E-state index contributed by atoms with van der Waals surface area (Å²) in [7, 11) is 0. The lowest BCUT2D eigenvalue weighted by Crippen LogP contribution is -2.21. The van der Waals surface area contributed by atoms with Crippen LogP contribution in [-0.4, -0.2) is 31.2 Å². The van der Waals surface area contributed by atoms with Crippen LogP contribution in [-0.2, 0) is 6.54 Å². The molecule has 154 valence electrons. The maximum absolute atomic E-state index is 10.6. The summed E-state index contributed by atoms with van der Waals surface area (Å²) in [5, 5.41) is 17.2. The normalized spacial score (nSPS) is 10.1. The molecule has 2 aromatic carbocycles. The van der Waals surface area contributed by atoms with Crippen LogP contribution < -0.4 is 20.1 Å². The van der Waals surface area contributed by atoms with Gasteiger partial charge in [0.25, 0.3) is 5.69 Å². The number of rotatable bonds is 11. The lowest BCUT2D eigenvalue weighted by molar-refractivity contribution is -0.384. The molecule has 0 saturated carbocycles. The molecule has 0 radical (unpaired) electrons. The molecule has 0 unspecified atom stereocenters. The predicted octanol–water partition coefficient (Wildman–Crippen LogP) is 4.78. The minimum atomic E-state index is -0.406. The zero-order chi connectivity index (χ0) is 19.6. The van der Waals surface area contributed by atoms with Crippen molar-refractivity contribution in [1.29, 1.82) is 0 Å². The van der Waals surface area contributed by atoms with Crippen LogP contribution in [0.25, 0.3) is 0 Å². The Balaban J connectivity index is 0.00000392. The summed E-state index contributed by atoms with van der Waals surface area (Å²) in [5.74, 6) is 1.46. The Morgan fingerprint density at radius 2 is 1.75 bits per heavy atom. The molecule has 28 heavy (non-hydrogen) atoms. The van der Waals surface area contributed by atoms with Gasteiger partial charge in [0.15, 0.2) is 11.5 Å². The Morgan fingerprint density at radius 1 is 1.07 bits per heavy atom. The van der Waals surface area contributed by atoms with Gasteiger partial charge in [0.2, 0.25) is 0 Å². The SMILES string of the molecule is CCOc1cc(CNCCNc2ccc([N+](=O)[O-])cc2)cc(Br)c1OCC.Cl. The Bertz CT molecular complexity index is 760. The van der Waals surface area contributed by atoms with E-state index in [0.29, 0.717) is 26.3 Å². The van der Waals surface area contributed by atoms with E-state index in [0.717, 1.165) is 33.8 Å². The highest BCUT2D eigenvalue weighted by Gasteiger charge is 2.11. The maximum Gasteiger partial charge on any atom is 0.269 e. The number of nitro benzene ring substituents is 1. The van der Waals surface area contributed by atoms with Gasteiger partial charge < -0.3 is 20.1 Å². The molecule has 0 aliphatic heterocycles. The van der Waals surface area contributed by atoms with Crippen LogP contribution in [0.5, 0.6) is 11.5 Å². The van der Waals surface area contributed by atoms with E-state index in [9.17, 15) is 10.1 Å². The zero-order valence-corrected chi connectivity index (χ0v) is 18.3. The van der Waals surface area contributed by atoms with Gasteiger partial charge in [-0.05, 0) is 59.6 Å². The van der Waals surface area contributed by atoms with Crippen molar-refractivity contribution in [3.8, 4) is 11.5 Å². The largest absolute Gasteiger partial charge is 0.490 e. The van der Waals surface area contributed by atoms with Gasteiger partial charge in [-0.1, -0.05) is 0 Å². The fraction of sp³-hybridized carbons (Fsp3) is 0.368. The number of hydrogen-bond acceptors (Lipinski definition) is 6. The van der Waals surface area contributed by atoms with E-state index in [1.54, 1.807) is 12.1 Å². The minimum absolute atomic E-state index is 0. The molecule has 2 rings (SSSR count). The highest BCUT2D eigenvalue weighted by atomic mass is 79.9. The van der Waals surface area contributed by atoms with E-state index < -0.39 is 4.92 Å². The molecule has 0 atom stereocenters. The molecule has 0 saturated heterocycles. The summed E-state index contributed by atoms with van der Waals surface area (Å²) in [6.07, 6.45) is 0. The maximum atomic E-state index is 10.6. The Hall–Kier alpha value is -2.03. The third-order valence-corrected chi connectivity index (χ3v) is 4.29. The lowest BCUT2D eigenvalue weighted by atomic mass is 10.2. The van der Waals surface area contributed by atoms with Crippen molar-refractivity contribution in [2.24, 2.45) is 0 Å². The number of nitrogens with one attached hydrogen (secondary N) is 2. The Kier molecular flexibility index (Phi) is 10.7. The summed E-state index contributed by atoms with van der Waals surface area (Å²) < 4.78 is 12.2. The average molecular weight is 475 g/mol. The summed E-state index contributed by atoms with van der Waals surface area (Å²) in [5.41, 5.74) is 2.03. The Labute approximate surface area is 179 Å². The molecule has 0 heterocycles. The van der Waals surface area contributed by atoms with Gasteiger partial charge in [0.1, 0.15) is 0 Å². The predicted molar refractivity (Wildman–Crippen MR) is 117 cm³/mol. The van der Waals surface area contributed by atoms with Crippen molar-refractivity contribution in [2.45, 2.75) is 20.4 Å². The number of nitrogens with zero attached hydrogens (tertiary/aromatic N) is 1. The van der Waals surface area contributed by atoms with E-state index >= 15 is 0 Å². The van der Waals surface area contributed by atoms with Crippen LogP contribution in [0.2, 0.25) is 0 Å². The first-order valence-corrected chi connectivity index (χ1v) is 9.61. The molecule has 9 heteroatoms. The average Bonchev–Trinajstić information content (AvgIpc) is 2.65. The van der Waals surface area contributed by atoms with Gasteiger partial charge in [-0.25, -0.2) is 0 Å². The first-order chi connectivity index (χ1) is 13.0. The van der Waals surface area contributed by atoms with E-state index in [1.165, 1.54) is 12.1 Å². The van der Waals surface area contributed by atoms with Crippen LogP contribution in [0.1, 0.15) is 19.4 Å². The van der Waals surface area contributed by atoms with Gasteiger partial charge in [-0.3, -0.25) is 10.1 Å². The van der Waals surface area contributed by atoms with Crippen molar-refractivity contribution in [3.63, 3.8) is 0 Å². The molecule has 0 aliphatic rings. The molecular formula is C19H25BrClN3O4. The number of halogens is 2. The Morgan fingerprint density at radius 3 is 2.36 bits per heavy atom. The molecular weight excluding hydrogens is 450 g/mol. The van der Waals surface area contributed by atoms with Crippen LogP contribution in [0.4, 0.5) is 11.4 Å². The van der Waals surface area contributed by atoms with Gasteiger partial charge in [0.05, 0.1) is 22.6 Å². The van der Waals surface area contributed by atoms with Crippen molar-refractivity contribution in [3.05, 3.63) is 56.5 Å². The molecule has 7 nitrogen and oxygen atoms in total. The van der Waals surface area contributed by atoms with Gasteiger partial charge >= 0.3 is 0 Å². The van der Waals surface area contributed by atoms with Crippen LogP contribution in [0, 0.1) is 10.1 Å². The lowest BCUT2D eigenvalue weighted by Gasteiger charge is -2.15. The minimum Gasteiger partial charge on any atom is -0.490 e. The number of non-ortho nitro benzene ring substituents is 1. The first-order valence-electron chi connectivity index (χ1n) is 8.82. The molecule has 2 aromatic rings. The summed E-state index contributed by atoms with van der Waals surface area (Å²) in [6, 6.07) is 10.4. The topological polar surface area (TPSA) is 85.7 Å². The zero-order valence-electron chi connectivity index (χ0n) is 15.9. The van der Waals surface area contributed by atoms with Crippen LogP contribution in [0.3, 0.4) is 0 Å². The molecule has 0 fully saturated rings. The second-order valence-corrected chi connectivity index (χ2v) is 6.53. The van der Waals surface area contributed by atoms with Gasteiger partial charge in [-0.2, -0.15) is 0 Å². The van der Waals surface area contributed by atoms with Gasteiger partial charge in [0, 0.05) is 37.5 Å². The van der Waals surface area contributed by atoms with Crippen molar-refractivity contribution in [2.75, 3.05) is 31.6 Å². The quantitative estimate of drug-likeness (QED) is 0.277. The summed E-state index contributed by atoms with van der Waals surface area (Å²) in [4.78, 5) is 10.2. The number of ether oxygens (including phenoxy) is 2. The molecule has 0 bridgehead atoms.